The van der Waals surface area contributed by atoms with Crippen molar-refractivity contribution in [1.29, 1.82) is 0 Å². The van der Waals surface area contributed by atoms with Gasteiger partial charge in [0, 0.05) is 12.2 Å². The summed E-state index contributed by atoms with van der Waals surface area (Å²) in [7, 11) is 0. The zero-order valence-electron chi connectivity index (χ0n) is 15.4. The van der Waals surface area contributed by atoms with E-state index in [4.69, 9.17) is 14.2 Å². The molecule has 0 saturated carbocycles. The van der Waals surface area contributed by atoms with E-state index in [1.54, 1.807) is 12.1 Å². The zero-order chi connectivity index (χ0) is 19.3. The van der Waals surface area contributed by atoms with Crippen LogP contribution in [0.3, 0.4) is 0 Å². The molecule has 0 aliphatic rings. The Hall–Kier alpha value is -3.08. The normalized spacial score (nSPS) is 10.6. The van der Waals surface area contributed by atoms with Gasteiger partial charge in [0.2, 0.25) is 0 Å². The van der Waals surface area contributed by atoms with Gasteiger partial charge in [-0.05, 0) is 36.2 Å². The zero-order valence-corrected chi connectivity index (χ0v) is 15.4. The highest BCUT2D eigenvalue weighted by Crippen LogP contribution is 2.21. The summed E-state index contributed by atoms with van der Waals surface area (Å²) in [6, 6.07) is 16.7. The van der Waals surface area contributed by atoms with Gasteiger partial charge in [0.05, 0.1) is 6.61 Å². The molecule has 0 bridgehead atoms. The molecule has 0 saturated heterocycles. The van der Waals surface area contributed by atoms with Crippen molar-refractivity contribution in [3.8, 4) is 11.5 Å². The maximum Gasteiger partial charge on any atom is 0.331 e. The van der Waals surface area contributed by atoms with E-state index >= 15 is 0 Å². The fourth-order valence-corrected chi connectivity index (χ4v) is 2.19. The minimum atomic E-state index is -0.592. The summed E-state index contributed by atoms with van der Waals surface area (Å²) >= 11 is 0. The van der Waals surface area contributed by atoms with Gasteiger partial charge in [-0.1, -0.05) is 50.1 Å². The molecule has 2 aromatic carbocycles. The highest BCUT2D eigenvalue weighted by atomic mass is 16.5. The van der Waals surface area contributed by atoms with Crippen molar-refractivity contribution in [3.63, 3.8) is 0 Å². The monoisotopic (exact) mass is 368 g/mol. The minimum Gasteiger partial charge on any atom is -0.463 e. The maximum absolute atomic E-state index is 11.7. The number of carbonyl (C=O) groups excluding carboxylic acids is 2. The molecule has 142 valence electrons. The molecule has 0 radical (unpaired) electrons. The Bertz CT molecular complexity index is 735. The first-order valence-electron chi connectivity index (χ1n) is 9.01. The van der Waals surface area contributed by atoms with Gasteiger partial charge >= 0.3 is 11.9 Å². The molecular formula is C22H24O5. The van der Waals surface area contributed by atoms with Crippen LogP contribution in [0.15, 0.2) is 66.7 Å². The van der Waals surface area contributed by atoms with Gasteiger partial charge in [-0.25, -0.2) is 9.59 Å². The first-order valence-corrected chi connectivity index (χ1v) is 9.01. The van der Waals surface area contributed by atoms with E-state index in [1.807, 2.05) is 42.5 Å². The van der Waals surface area contributed by atoms with Crippen molar-refractivity contribution in [2.45, 2.75) is 32.8 Å². The summed E-state index contributed by atoms with van der Waals surface area (Å²) in [5.41, 5.74) is 0.819. The van der Waals surface area contributed by atoms with E-state index in [2.05, 4.69) is 6.92 Å². The van der Waals surface area contributed by atoms with Crippen LogP contribution in [0.5, 0.6) is 11.5 Å². The molecule has 2 rings (SSSR count). The van der Waals surface area contributed by atoms with Gasteiger partial charge in [-0.15, -0.1) is 0 Å². The van der Waals surface area contributed by atoms with E-state index in [-0.39, 0.29) is 6.61 Å². The van der Waals surface area contributed by atoms with Crippen LogP contribution in [0.2, 0.25) is 0 Å². The van der Waals surface area contributed by atoms with Crippen molar-refractivity contribution >= 4 is 11.9 Å². The van der Waals surface area contributed by atoms with E-state index in [1.165, 1.54) is 0 Å². The number of hydrogen-bond donors (Lipinski definition) is 0. The van der Waals surface area contributed by atoms with E-state index in [0.717, 1.165) is 42.7 Å². The highest BCUT2D eigenvalue weighted by molar-refractivity contribution is 5.91. The van der Waals surface area contributed by atoms with Gasteiger partial charge in [0.25, 0.3) is 0 Å². The fourth-order valence-electron chi connectivity index (χ4n) is 2.19. The second-order valence-electron chi connectivity index (χ2n) is 5.87. The van der Waals surface area contributed by atoms with Gasteiger partial charge in [-0.2, -0.15) is 0 Å². The summed E-state index contributed by atoms with van der Waals surface area (Å²) in [6.07, 6.45) is 5.05. The SMILES string of the molecule is CCCCCOC(=O)/C=C/C(=O)OCc1ccc(Oc2ccccc2)cc1. The van der Waals surface area contributed by atoms with Gasteiger partial charge < -0.3 is 14.2 Å². The predicted molar refractivity (Wildman–Crippen MR) is 102 cm³/mol. The highest BCUT2D eigenvalue weighted by Gasteiger charge is 2.03. The lowest BCUT2D eigenvalue weighted by molar-refractivity contribution is -0.141. The Kier molecular flexibility index (Phi) is 8.63. The Balaban J connectivity index is 1.71. The Morgan fingerprint density at radius 3 is 2.11 bits per heavy atom. The quantitative estimate of drug-likeness (QED) is 0.342. The molecule has 0 aliphatic heterocycles. The lowest BCUT2D eigenvalue weighted by atomic mass is 10.2. The van der Waals surface area contributed by atoms with Gasteiger partial charge in [-0.3, -0.25) is 0 Å². The van der Waals surface area contributed by atoms with Crippen molar-refractivity contribution in [1.82, 2.24) is 0 Å². The molecule has 27 heavy (non-hydrogen) atoms. The lowest BCUT2D eigenvalue weighted by Gasteiger charge is -2.07. The summed E-state index contributed by atoms with van der Waals surface area (Å²) in [4.78, 5) is 23.1. The van der Waals surface area contributed by atoms with Crippen LogP contribution < -0.4 is 4.74 Å². The molecular weight excluding hydrogens is 344 g/mol. The Morgan fingerprint density at radius 1 is 0.815 bits per heavy atom. The number of esters is 2. The average Bonchev–Trinajstić information content (AvgIpc) is 2.70. The second-order valence-corrected chi connectivity index (χ2v) is 5.87. The molecule has 2 aromatic rings. The number of ether oxygens (including phenoxy) is 3. The van der Waals surface area contributed by atoms with Crippen LogP contribution in [-0.2, 0) is 25.7 Å². The Labute approximate surface area is 159 Å². The largest absolute Gasteiger partial charge is 0.463 e. The van der Waals surface area contributed by atoms with Crippen LogP contribution in [0.25, 0.3) is 0 Å². The van der Waals surface area contributed by atoms with E-state index in [9.17, 15) is 9.59 Å². The minimum absolute atomic E-state index is 0.111. The molecule has 0 fully saturated rings. The van der Waals surface area contributed by atoms with E-state index < -0.39 is 11.9 Å². The number of carbonyl (C=O) groups is 2. The third kappa shape index (κ3) is 8.23. The van der Waals surface area contributed by atoms with Crippen molar-refractivity contribution in [2.75, 3.05) is 6.61 Å². The average molecular weight is 368 g/mol. The van der Waals surface area contributed by atoms with Gasteiger partial charge in [0.1, 0.15) is 18.1 Å². The predicted octanol–water partition coefficient (Wildman–Crippen LogP) is 4.81. The summed E-state index contributed by atoms with van der Waals surface area (Å²) in [6.45, 7) is 2.55. The molecule has 0 unspecified atom stereocenters. The third-order valence-corrected chi connectivity index (χ3v) is 3.63. The number of unbranched alkanes of at least 4 members (excludes halogenated alkanes) is 2. The molecule has 0 atom stereocenters. The molecule has 0 N–H and O–H groups in total. The van der Waals surface area contributed by atoms with Crippen molar-refractivity contribution in [2.24, 2.45) is 0 Å². The van der Waals surface area contributed by atoms with Gasteiger partial charge in [0.15, 0.2) is 0 Å². The summed E-state index contributed by atoms with van der Waals surface area (Å²) in [5.74, 6) is 0.320. The Morgan fingerprint density at radius 2 is 1.44 bits per heavy atom. The molecule has 0 amide bonds. The molecule has 0 aliphatic carbocycles. The number of rotatable bonds is 10. The maximum atomic E-state index is 11.7. The van der Waals surface area contributed by atoms with Crippen LogP contribution in [0.4, 0.5) is 0 Å². The smallest absolute Gasteiger partial charge is 0.331 e. The number of hydrogen-bond acceptors (Lipinski definition) is 5. The topological polar surface area (TPSA) is 61.8 Å². The standard InChI is InChI=1S/C22H24O5/c1-2-3-7-16-25-21(23)14-15-22(24)26-17-18-10-12-20(13-11-18)27-19-8-5-4-6-9-19/h4-6,8-15H,2-3,7,16-17H2,1H3/b15-14+. The summed E-state index contributed by atoms with van der Waals surface area (Å²) in [5, 5.41) is 0. The fraction of sp³-hybridized carbons (Fsp3) is 0.273. The van der Waals surface area contributed by atoms with Crippen molar-refractivity contribution < 1.29 is 23.8 Å². The first kappa shape index (κ1) is 20.2. The second kappa shape index (κ2) is 11.5. The number of benzene rings is 2. The van der Waals surface area contributed by atoms with Crippen LogP contribution in [0.1, 0.15) is 31.7 Å². The van der Waals surface area contributed by atoms with E-state index in [0.29, 0.717) is 12.4 Å². The molecule has 0 aromatic heterocycles. The first-order chi connectivity index (χ1) is 13.2. The third-order valence-electron chi connectivity index (χ3n) is 3.63. The molecule has 0 spiro atoms. The molecule has 5 heteroatoms. The molecule has 0 heterocycles. The molecule has 5 nitrogen and oxygen atoms in total. The summed E-state index contributed by atoms with van der Waals surface area (Å²) < 4.78 is 15.8. The lowest BCUT2D eigenvalue weighted by Crippen LogP contribution is -2.05. The van der Waals surface area contributed by atoms with Crippen LogP contribution >= 0.6 is 0 Å². The number of para-hydroxylation sites is 1. The van der Waals surface area contributed by atoms with Crippen LogP contribution in [0, 0.1) is 0 Å². The van der Waals surface area contributed by atoms with Crippen molar-refractivity contribution in [3.05, 3.63) is 72.3 Å². The van der Waals surface area contributed by atoms with Crippen LogP contribution in [-0.4, -0.2) is 18.5 Å².